The van der Waals surface area contributed by atoms with Crippen LogP contribution in [0.25, 0.3) is 0 Å². The van der Waals surface area contributed by atoms with Crippen LogP contribution >= 0.6 is 27.7 Å². The van der Waals surface area contributed by atoms with Gasteiger partial charge in [0.2, 0.25) is 0 Å². The maximum Gasteiger partial charge on any atom is 0.446 e. The number of benzene rings is 1. The minimum Gasteiger partial charge on any atom is -0.481 e. The molecule has 0 radical (unpaired) electrons. The highest BCUT2D eigenvalue weighted by Gasteiger charge is 2.30. The molecule has 8 heteroatoms. The molecule has 0 unspecified atom stereocenters. The molecule has 0 aromatic heterocycles. The first kappa shape index (κ1) is 14.9. The van der Waals surface area contributed by atoms with Crippen molar-refractivity contribution < 1.29 is 23.1 Å². The number of carboxylic acid groups (broad SMARTS) is 1. The molecule has 0 aliphatic rings. The molecular weight excluding hydrogens is 335 g/mol. The minimum absolute atomic E-state index is 0.0314. The fraction of sp³-hybridized carbons (Fsp3) is 0.200. The van der Waals surface area contributed by atoms with E-state index in [1.54, 1.807) is 6.07 Å². The van der Waals surface area contributed by atoms with Gasteiger partial charge in [-0.1, -0.05) is 0 Å². The molecule has 18 heavy (non-hydrogen) atoms. The molecule has 1 aromatic carbocycles. The van der Waals surface area contributed by atoms with E-state index in [9.17, 15) is 18.0 Å². The highest BCUT2D eigenvalue weighted by molar-refractivity contribution is 9.10. The SMILES string of the molecule is N#Cc1c(Br)cc(SC(F)(F)F)cc1CC(=O)O. The molecule has 0 saturated carbocycles. The zero-order valence-electron chi connectivity index (χ0n) is 8.58. The summed E-state index contributed by atoms with van der Waals surface area (Å²) in [5, 5.41) is 17.5. The molecule has 96 valence electrons. The standard InChI is InChI=1S/C10H5BrF3NO2S/c11-8-3-6(18-10(12,13)14)1-5(2-9(16)17)7(8)4-15/h1,3H,2H2,(H,16,17). The molecule has 1 aromatic rings. The van der Waals surface area contributed by atoms with Crippen LogP contribution in [-0.2, 0) is 11.2 Å². The fourth-order valence-electron chi connectivity index (χ4n) is 1.26. The van der Waals surface area contributed by atoms with E-state index in [1.165, 1.54) is 0 Å². The summed E-state index contributed by atoms with van der Waals surface area (Å²) in [5.41, 5.74) is -4.39. The Morgan fingerprint density at radius 1 is 1.50 bits per heavy atom. The lowest BCUT2D eigenvalue weighted by Crippen LogP contribution is -2.04. The normalized spacial score (nSPS) is 11.1. The van der Waals surface area contributed by atoms with Crippen LogP contribution in [0.2, 0.25) is 0 Å². The summed E-state index contributed by atoms with van der Waals surface area (Å²) in [7, 11) is 0. The largest absolute Gasteiger partial charge is 0.481 e. The van der Waals surface area contributed by atoms with Gasteiger partial charge in [0.15, 0.2) is 0 Å². The zero-order valence-corrected chi connectivity index (χ0v) is 11.0. The van der Waals surface area contributed by atoms with Crippen molar-refractivity contribution in [2.75, 3.05) is 0 Å². The topological polar surface area (TPSA) is 61.1 Å². The van der Waals surface area contributed by atoms with Gasteiger partial charge < -0.3 is 5.11 Å². The average molecular weight is 340 g/mol. The van der Waals surface area contributed by atoms with Crippen molar-refractivity contribution in [3.05, 3.63) is 27.7 Å². The summed E-state index contributed by atoms with van der Waals surface area (Å²) >= 11 is 2.60. The van der Waals surface area contributed by atoms with E-state index in [2.05, 4.69) is 15.9 Å². The van der Waals surface area contributed by atoms with Crippen LogP contribution in [0.3, 0.4) is 0 Å². The van der Waals surface area contributed by atoms with E-state index in [-0.39, 0.29) is 32.3 Å². The van der Waals surface area contributed by atoms with Crippen molar-refractivity contribution >= 4 is 33.7 Å². The van der Waals surface area contributed by atoms with Crippen LogP contribution in [0.5, 0.6) is 0 Å². The molecule has 0 bridgehead atoms. The Balaban J connectivity index is 3.22. The van der Waals surface area contributed by atoms with Crippen LogP contribution in [0.4, 0.5) is 13.2 Å². The zero-order chi connectivity index (χ0) is 13.9. The second-order valence-electron chi connectivity index (χ2n) is 3.17. The molecule has 0 heterocycles. The van der Waals surface area contributed by atoms with E-state index < -0.39 is 17.9 Å². The van der Waals surface area contributed by atoms with Crippen molar-refractivity contribution in [1.82, 2.24) is 0 Å². The quantitative estimate of drug-likeness (QED) is 0.855. The van der Waals surface area contributed by atoms with Gasteiger partial charge in [0.25, 0.3) is 0 Å². The molecule has 0 fully saturated rings. The summed E-state index contributed by atoms with van der Waals surface area (Å²) in [6.45, 7) is 0. The lowest BCUT2D eigenvalue weighted by atomic mass is 10.1. The number of aliphatic carboxylic acids is 1. The lowest BCUT2D eigenvalue weighted by Gasteiger charge is -2.09. The first-order valence-corrected chi connectivity index (χ1v) is 6.04. The number of thioether (sulfide) groups is 1. The van der Waals surface area contributed by atoms with Gasteiger partial charge in [-0.15, -0.1) is 0 Å². The number of hydrogen-bond donors (Lipinski definition) is 1. The fourth-order valence-corrected chi connectivity index (χ4v) is 2.64. The monoisotopic (exact) mass is 339 g/mol. The molecule has 0 aliphatic heterocycles. The minimum atomic E-state index is -4.46. The number of hydrogen-bond acceptors (Lipinski definition) is 3. The number of carboxylic acids is 1. The Morgan fingerprint density at radius 3 is 2.56 bits per heavy atom. The second-order valence-corrected chi connectivity index (χ2v) is 5.16. The third kappa shape index (κ3) is 4.23. The van der Waals surface area contributed by atoms with Crippen molar-refractivity contribution in [1.29, 1.82) is 5.26 Å². The molecular formula is C10H5BrF3NO2S. The number of alkyl halides is 3. The molecule has 1 rings (SSSR count). The summed E-state index contributed by atoms with van der Waals surface area (Å²) < 4.78 is 36.8. The maximum atomic E-state index is 12.2. The molecule has 0 spiro atoms. The third-order valence-electron chi connectivity index (χ3n) is 1.83. The lowest BCUT2D eigenvalue weighted by molar-refractivity contribution is -0.136. The summed E-state index contributed by atoms with van der Waals surface area (Å²) in [5.74, 6) is -1.22. The van der Waals surface area contributed by atoms with E-state index in [0.29, 0.717) is 0 Å². The number of nitriles is 1. The van der Waals surface area contributed by atoms with Crippen LogP contribution < -0.4 is 0 Å². The summed E-state index contributed by atoms with van der Waals surface area (Å²) in [6, 6.07) is 3.96. The molecule has 3 nitrogen and oxygen atoms in total. The first-order chi connectivity index (χ1) is 8.23. The smallest absolute Gasteiger partial charge is 0.446 e. The van der Waals surface area contributed by atoms with Crippen LogP contribution in [0.15, 0.2) is 21.5 Å². The van der Waals surface area contributed by atoms with Gasteiger partial charge in [0, 0.05) is 9.37 Å². The molecule has 0 amide bonds. The van der Waals surface area contributed by atoms with Gasteiger partial charge in [0.05, 0.1) is 12.0 Å². The van der Waals surface area contributed by atoms with Gasteiger partial charge in [-0.05, 0) is 45.4 Å². The maximum absolute atomic E-state index is 12.2. The third-order valence-corrected chi connectivity index (χ3v) is 3.16. The number of carbonyl (C=O) groups is 1. The molecule has 0 aliphatic carbocycles. The summed E-state index contributed by atoms with van der Waals surface area (Å²) in [4.78, 5) is 10.4. The Labute approximate surface area is 113 Å². The Morgan fingerprint density at radius 2 is 2.11 bits per heavy atom. The molecule has 0 saturated heterocycles. The van der Waals surface area contributed by atoms with E-state index in [0.717, 1.165) is 12.1 Å². The second kappa shape index (κ2) is 5.63. The van der Waals surface area contributed by atoms with Gasteiger partial charge in [-0.3, -0.25) is 4.79 Å². The predicted octanol–water partition coefficient (Wildman–Crippen LogP) is 3.56. The van der Waals surface area contributed by atoms with Gasteiger partial charge in [-0.2, -0.15) is 18.4 Å². The van der Waals surface area contributed by atoms with Crippen molar-refractivity contribution in [2.24, 2.45) is 0 Å². The Bertz CT molecular complexity index is 525. The van der Waals surface area contributed by atoms with Crippen LogP contribution in [0, 0.1) is 11.3 Å². The van der Waals surface area contributed by atoms with E-state index >= 15 is 0 Å². The Hall–Kier alpha value is -1.20. The van der Waals surface area contributed by atoms with Crippen molar-refractivity contribution in [3.8, 4) is 6.07 Å². The predicted molar refractivity (Wildman–Crippen MR) is 62.1 cm³/mol. The number of rotatable bonds is 3. The van der Waals surface area contributed by atoms with E-state index in [4.69, 9.17) is 10.4 Å². The van der Waals surface area contributed by atoms with Gasteiger partial charge in [-0.25, -0.2) is 0 Å². The average Bonchev–Trinajstić information content (AvgIpc) is 2.13. The van der Waals surface area contributed by atoms with Crippen LogP contribution in [0.1, 0.15) is 11.1 Å². The van der Waals surface area contributed by atoms with Crippen LogP contribution in [-0.4, -0.2) is 16.6 Å². The highest BCUT2D eigenvalue weighted by Crippen LogP contribution is 2.39. The van der Waals surface area contributed by atoms with Gasteiger partial charge >= 0.3 is 11.5 Å². The molecule has 1 N–H and O–H groups in total. The van der Waals surface area contributed by atoms with Crippen molar-refractivity contribution in [3.63, 3.8) is 0 Å². The van der Waals surface area contributed by atoms with E-state index in [1.807, 2.05) is 0 Å². The summed E-state index contributed by atoms with van der Waals surface area (Å²) in [6.07, 6.45) is -0.506. The molecule has 0 atom stereocenters. The van der Waals surface area contributed by atoms with Gasteiger partial charge in [0.1, 0.15) is 6.07 Å². The van der Waals surface area contributed by atoms with Crippen molar-refractivity contribution in [2.45, 2.75) is 16.8 Å². The Kier molecular flexibility index (Phi) is 4.65. The first-order valence-electron chi connectivity index (χ1n) is 4.43. The highest BCUT2D eigenvalue weighted by atomic mass is 79.9. The number of nitrogens with zero attached hydrogens (tertiary/aromatic N) is 1. The number of halogens is 4.